The van der Waals surface area contributed by atoms with Gasteiger partial charge in [0.25, 0.3) is 12.3 Å². The van der Waals surface area contributed by atoms with Crippen molar-refractivity contribution in [3.63, 3.8) is 0 Å². The van der Waals surface area contributed by atoms with Crippen LogP contribution in [0.15, 0.2) is 30.4 Å². The van der Waals surface area contributed by atoms with Gasteiger partial charge in [0, 0.05) is 24.1 Å². The molecule has 3 nitrogen and oxygen atoms in total. The van der Waals surface area contributed by atoms with Gasteiger partial charge in [-0.2, -0.15) is 0 Å². The number of hydrogen-bond donors (Lipinski definition) is 0. The van der Waals surface area contributed by atoms with E-state index in [-0.39, 0.29) is 30.2 Å². The standard InChI is InChI=1S/C17H17F2NO2/c1-10-4-2-7-14(15(21)8-10)20-9-13-11(16(18)19)5-3-6-12(13)17(20)22/h3,5-6,14,16H,1-2,4,7-9H2/t14-/m0/s1. The third-order valence-electron chi connectivity index (χ3n) is 4.45. The van der Waals surface area contributed by atoms with Gasteiger partial charge in [-0.1, -0.05) is 24.3 Å². The highest BCUT2D eigenvalue weighted by Crippen LogP contribution is 2.34. The lowest BCUT2D eigenvalue weighted by atomic mass is 10.0. The summed E-state index contributed by atoms with van der Waals surface area (Å²) >= 11 is 0. The SMILES string of the molecule is C=C1CCC[C@H](N2Cc3c(cccc3C(F)F)C2=O)C(=O)C1. The van der Waals surface area contributed by atoms with Crippen molar-refractivity contribution in [3.8, 4) is 0 Å². The monoisotopic (exact) mass is 305 g/mol. The number of rotatable bonds is 2. The zero-order valence-electron chi connectivity index (χ0n) is 12.1. The summed E-state index contributed by atoms with van der Waals surface area (Å²) in [4.78, 5) is 26.3. The molecule has 1 aromatic carbocycles. The van der Waals surface area contributed by atoms with E-state index in [0.29, 0.717) is 17.5 Å². The van der Waals surface area contributed by atoms with Gasteiger partial charge in [-0.25, -0.2) is 8.78 Å². The van der Waals surface area contributed by atoms with Crippen LogP contribution >= 0.6 is 0 Å². The maximum Gasteiger partial charge on any atom is 0.264 e. The Morgan fingerprint density at radius 1 is 1.27 bits per heavy atom. The largest absolute Gasteiger partial charge is 0.324 e. The van der Waals surface area contributed by atoms with E-state index >= 15 is 0 Å². The quantitative estimate of drug-likeness (QED) is 0.618. The van der Waals surface area contributed by atoms with E-state index < -0.39 is 12.5 Å². The summed E-state index contributed by atoms with van der Waals surface area (Å²) in [5.74, 6) is -0.356. The second kappa shape index (κ2) is 5.63. The smallest absolute Gasteiger partial charge is 0.264 e. The topological polar surface area (TPSA) is 37.4 Å². The molecule has 1 aliphatic heterocycles. The fourth-order valence-corrected chi connectivity index (χ4v) is 3.32. The predicted octanol–water partition coefficient (Wildman–Crippen LogP) is 3.65. The molecule has 1 aromatic rings. The zero-order valence-corrected chi connectivity index (χ0v) is 12.1. The summed E-state index contributed by atoms with van der Waals surface area (Å²) < 4.78 is 26.2. The molecular weight excluding hydrogens is 288 g/mol. The molecule has 1 aliphatic carbocycles. The van der Waals surface area contributed by atoms with Crippen molar-refractivity contribution >= 4 is 11.7 Å². The number of ketones is 1. The van der Waals surface area contributed by atoms with Crippen molar-refractivity contribution in [2.75, 3.05) is 0 Å². The lowest BCUT2D eigenvalue weighted by molar-refractivity contribution is -0.122. The van der Waals surface area contributed by atoms with Gasteiger partial charge >= 0.3 is 0 Å². The van der Waals surface area contributed by atoms with Crippen LogP contribution < -0.4 is 0 Å². The molecule has 0 aromatic heterocycles. The number of amides is 1. The molecule has 1 heterocycles. The van der Waals surface area contributed by atoms with Gasteiger partial charge in [-0.15, -0.1) is 0 Å². The van der Waals surface area contributed by atoms with Crippen LogP contribution in [-0.4, -0.2) is 22.6 Å². The average Bonchev–Trinajstić information content (AvgIpc) is 2.70. The van der Waals surface area contributed by atoms with Crippen LogP contribution in [0, 0.1) is 0 Å². The Bertz CT molecular complexity index is 654. The molecule has 0 bridgehead atoms. The van der Waals surface area contributed by atoms with Gasteiger partial charge in [0.1, 0.15) is 0 Å². The minimum Gasteiger partial charge on any atom is -0.324 e. The number of halogens is 2. The van der Waals surface area contributed by atoms with Crippen LogP contribution in [0.3, 0.4) is 0 Å². The number of nitrogens with zero attached hydrogens (tertiary/aromatic N) is 1. The number of allylic oxidation sites excluding steroid dienone is 1. The zero-order chi connectivity index (χ0) is 15.9. The maximum absolute atomic E-state index is 13.1. The van der Waals surface area contributed by atoms with E-state index in [4.69, 9.17) is 0 Å². The van der Waals surface area contributed by atoms with E-state index in [1.165, 1.54) is 17.0 Å². The van der Waals surface area contributed by atoms with Crippen LogP contribution in [0.1, 0.15) is 53.6 Å². The van der Waals surface area contributed by atoms with Crippen molar-refractivity contribution < 1.29 is 18.4 Å². The van der Waals surface area contributed by atoms with Gasteiger partial charge in [0.2, 0.25) is 0 Å². The summed E-state index contributed by atoms with van der Waals surface area (Å²) in [6.45, 7) is 3.95. The highest BCUT2D eigenvalue weighted by atomic mass is 19.3. The molecule has 0 radical (unpaired) electrons. The Morgan fingerprint density at radius 3 is 2.77 bits per heavy atom. The Kier molecular flexibility index (Phi) is 3.81. The van der Waals surface area contributed by atoms with Crippen LogP contribution in [0.5, 0.6) is 0 Å². The number of Topliss-reactive ketones (excluding diaryl/α,β-unsaturated/α-hetero) is 1. The molecule has 0 N–H and O–H groups in total. The number of hydrogen-bond acceptors (Lipinski definition) is 2. The van der Waals surface area contributed by atoms with Crippen molar-refractivity contribution in [2.45, 2.75) is 44.7 Å². The fraction of sp³-hybridized carbons (Fsp3) is 0.412. The van der Waals surface area contributed by atoms with E-state index in [0.717, 1.165) is 18.4 Å². The first-order valence-electron chi connectivity index (χ1n) is 7.39. The van der Waals surface area contributed by atoms with E-state index in [2.05, 4.69) is 6.58 Å². The molecule has 116 valence electrons. The van der Waals surface area contributed by atoms with Crippen LogP contribution in [0.25, 0.3) is 0 Å². The van der Waals surface area contributed by atoms with Gasteiger partial charge in [0.05, 0.1) is 6.04 Å². The minimum absolute atomic E-state index is 0.0396. The second-order valence-corrected chi connectivity index (χ2v) is 5.91. The summed E-state index contributed by atoms with van der Waals surface area (Å²) in [6.07, 6.45) is -0.211. The number of fused-ring (bicyclic) bond motifs is 1. The highest BCUT2D eigenvalue weighted by molar-refractivity contribution is 6.02. The number of alkyl halides is 2. The summed E-state index contributed by atoms with van der Waals surface area (Å²) in [7, 11) is 0. The van der Waals surface area contributed by atoms with E-state index in [1.54, 1.807) is 6.07 Å². The Balaban J connectivity index is 1.92. The summed E-state index contributed by atoms with van der Waals surface area (Å²) in [5.41, 5.74) is 1.43. The minimum atomic E-state index is -2.62. The average molecular weight is 305 g/mol. The molecular formula is C17H17F2NO2. The van der Waals surface area contributed by atoms with Gasteiger partial charge in [-0.05, 0) is 30.9 Å². The van der Waals surface area contributed by atoms with Crippen molar-refractivity contribution in [3.05, 3.63) is 47.0 Å². The van der Waals surface area contributed by atoms with Crippen LogP contribution in [0.4, 0.5) is 8.78 Å². The van der Waals surface area contributed by atoms with Gasteiger partial charge in [-0.3, -0.25) is 9.59 Å². The van der Waals surface area contributed by atoms with Crippen molar-refractivity contribution in [2.24, 2.45) is 0 Å². The van der Waals surface area contributed by atoms with Crippen molar-refractivity contribution in [1.82, 2.24) is 4.90 Å². The molecule has 0 spiro atoms. The van der Waals surface area contributed by atoms with Crippen LogP contribution in [-0.2, 0) is 11.3 Å². The maximum atomic E-state index is 13.1. The second-order valence-electron chi connectivity index (χ2n) is 5.91. The summed E-state index contributed by atoms with van der Waals surface area (Å²) in [5, 5.41) is 0. The first-order valence-corrected chi connectivity index (χ1v) is 7.39. The molecule has 3 rings (SSSR count). The van der Waals surface area contributed by atoms with Crippen LogP contribution in [0.2, 0.25) is 0 Å². The molecule has 22 heavy (non-hydrogen) atoms. The van der Waals surface area contributed by atoms with E-state index in [1.807, 2.05) is 0 Å². The number of carbonyl (C=O) groups excluding carboxylic acids is 2. The van der Waals surface area contributed by atoms with Gasteiger partial charge in [0.15, 0.2) is 5.78 Å². The molecule has 1 amide bonds. The molecule has 1 fully saturated rings. The lowest BCUT2D eigenvalue weighted by Crippen LogP contribution is -2.40. The predicted molar refractivity (Wildman–Crippen MR) is 77.7 cm³/mol. The molecule has 2 aliphatic rings. The summed E-state index contributed by atoms with van der Waals surface area (Å²) in [6, 6.07) is 3.85. The number of benzene rings is 1. The first kappa shape index (κ1) is 14.9. The third-order valence-corrected chi connectivity index (χ3v) is 4.45. The normalized spacial score (nSPS) is 22.2. The van der Waals surface area contributed by atoms with Crippen molar-refractivity contribution in [1.29, 1.82) is 0 Å². The molecule has 1 saturated carbocycles. The fourth-order valence-electron chi connectivity index (χ4n) is 3.32. The Morgan fingerprint density at radius 2 is 2.05 bits per heavy atom. The first-order chi connectivity index (χ1) is 10.5. The third kappa shape index (κ3) is 2.45. The Labute approximate surface area is 127 Å². The van der Waals surface area contributed by atoms with E-state index in [9.17, 15) is 18.4 Å². The lowest BCUT2D eigenvalue weighted by Gasteiger charge is -2.25. The molecule has 0 saturated heterocycles. The van der Waals surface area contributed by atoms with Gasteiger partial charge < -0.3 is 4.90 Å². The Hall–Kier alpha value is -2.04. The molecule has 5 heteroatoms. The molecule has 1 atom stereocenters. The number of carbonyl (C=O) groups is 2. The highest BCUT2D eigenvalue weighted by Gasteiger charge is 2.38. The molecule has 0 unspecified atom stereocenters.